The van der Waals surface area contributed by atoms with Gasteiger partial charge in [0.15, 0.2) is 0 Å². The second-order valence-corrected chi connectivity index (χ2v) is 6.28. The fourth-order valence-electron chi connectivity index (χ4n) is 3.25. The first-order chi connectivity index (χ1) is 11.8. The van der Waals surface area contributed by atoms with E-state index in [4.69, 9.17) is 0 Å². The number of carbonyl (C=O) groups is 1. The normalized spacial score (nSPS) is 17.1. The summed E-state index contributed by atoms with van der Waals surface area (Å²) >= 11 is 0. The van der Waals surface area contributed by atoms with Crippen molar-refractivity contribution < 1.29 is 4.79 Å². The van der Waals surface area contributed by atoms with Crippen LogP contribution in [-0.4, -0.2) is 18.5 Å². The lowest BCUT2D eigenvalue weighted by Crippen LogP contribution is -2.35. The molecule has 1 fully saturated rings. The zero-order valence-electron chi connectivity index (χ0n) is 13.5. The van der Waals surface area contributed by atoms with E-state index in [0.717, 1.165) is 30.6 Å². The maximum Gasteiger partial charge on any atom is 0.241 e. The van der Waals surface area contributed by atoms with Gasteiger partial charge in [-0.3, -0.25) is 4.79 Å². The molecule has 3 aromatic rings. The molecule has 1 aliphatic heterocycles. The van der Waals surface area contributed by atoms with Gasteiger partial charge in [0.2, 0.25) is 5.91 Å². The summed E-state index contributed by atoms with van der Waals surface area (Å²) in [6.07, 6.45) is 1.99. The fraction of sp³-hybridized carbons (Fsp3) is 0.190. The maximum absolute atomic E-state index is 12.1. The van der Waals surface area contributed by atoms with E-state index in [-0.39, 0.29) is 11.9 Å². The first-order valence-corrected chi connectivity index (χ1v) is 8.43. The SMILES string of the molecule is O=C(Nc1ccc(-c2ccc3ccccc3c2)cc1)C1CCCN1. The van der Waals surface area contributed by atoms with Crippen LogP contribution < -0.4 is 10.6 Å². The lowest BCUT2D eigenvalue weighted by molar-refractivity contribution is -0.117. The molecule has 4 rings (SSSR count). The topological polar surface area (TPSA) is 41.1 Å². The second kappa shape index (κ2) is 6.46. The molecule has 0 bridgehead atoms. The largest absolute Gasteiger partial charge is 0.325 e. The van der Waals surface area contributed by atoms with Crippen LogP contribution in [0.1, 0.15) is 12.8 Å². The molecule has 1 saturated heterocycles. The lowest BCUT2D eigenvalue weighted by atomic mass is 10.0. The minimum Gasteiger partial charge on any atom is -0.325 e. The molecule has 0 radical (unpaired) electrons. The van der Waals surface area contributed by atoms with Crippen LogP contribution in [0.25, 0.3) is 21.9 Å². The highest BCUT2D eigenvalue weighted by Gasteiger charge is 2.21. The number of carbonyl (C=O) groups excluding carboxylic acids is 1. The molecule has 0 spiro atoms. The molecule has 1 unspecified atom stereocenters. The number of hydrogen-bond donors (Lipinski definition) is 2. The highest BCUT2D eigenvalue weighted by atomic mass is 16.2. The molecule has 120 valence electrons. The van der Waals surface area contributed by atoms with Crippen molar-refractivity contribution in [1.82, 2.24) is 5.32 Å². The van der Waals surface area contributed by atoms with Crippen LogP contribution in [0, 0.1) is 0 Å². The molecule has 1 amide bonds. The van der Waals surface area contributed by atoms with Crippen LogP contribution in [0.4, 0.5) is 5.69 Å². The summed E-state index contributed by atoms with van der Waals surface area (Å²) in [7, 11) is 0. The molecule has 1 aliphatic rings. The zero-order valence-corrected chi connectivity index (χ0v) is 13.5. The summed E-state index contributed by atoms with van der Waals surface area (Å²) in [5.41, 5.74) is 3.18. The summed E-state index contributed by atoms with van der Waals surface area (Å²) in [5, 5.41) is 8.69. The molecule has 0 saturated carbocycles. The predicted octanol–water partition coefficient (Wildman–Crippen LogP) is 4.20. The third kappa shape index (κ3) is 3.03. The number of hydrogen-bond acceptors (Lipinski definition) is 2. The first kappa shape index (κ1) is 14.9. The van der Waals surface area contributed by atoms with Crippen molar-refractivity contribution in [1.29, 1.82) is 0 Å². The second-order valence-electron chi connectivity index (χ2n) is 6.28. The van der Waals surface area contributed by atoms with Gasteiger partial charge in [-0.15, -0.1) is 0 Å². The number of fused-ring (bicyclic) bond motifs is 1. The molecular formula is C21H20N2O. The Morgan fingerprint density at radius 3 is 2.42 bits per heavy atom. The highest BCUT2D eigenvalue weighted by Crippen LogP contribution is 2.25. The van der Waals surface area contributed by atoms with E-state index in [1.807, 2.05) is 12.1 Å². The van der Waals surface area contributed by atoms with E-state index in [1.165, 1.54) is 16.3 Å². The Labute approximate surface area is 141 Å². The van der Waals surface area contributed by atoms with Gasteiger partial charge in [0.1, 0.15) is 0 Å². The van der Waals surface area contributed by atoms with Crippen molar-refractivity contribution in [2.45, 2.75) is 18.9 Å². The predicted molar refractivity (Wildman–Crippen MR) is 99.0 cm³/mol. The van der Waals surface area contributed by atoms with Crippen LogP contribution in [-0.2, 0) is 4.79 Å². The molecule has 3 aromatic carbocycles. The molecule has 0 aromatic heterocycles. The number of rotatable bonds is 3. The highest BCUT2D eigenvalue weighted by molar-refractivity contribution is 5.95. The Balaban J connectivity index is 1.53. The van der Waals surface area contributed by atoms with Gasteiger partial charge >= 0.3 is 0 Å². The third-order valence-electron chi connectivity index (χ3n) is 4.61. The Kier molecular flexibility index (Phi) is 4.01. The van der Waals surface area contributed by atoms with Gasteiger partial charge < -0.3 is 10.6 Å². The number of anilines is 1. The van der Waals surface area contributed by atoms with Gasteiger partial charge in [-0.25, -0.2) is 0 Å². The summed E-state index contributed by atoms with van der Waals surface area (Å²) < 4.78 is 0. The molecule has 3 heteroatoms. The van der Waals surface area contributed by atoms with Gasteiger partial charge in [0.25, 0.3) is 0 Å². The molecule has 3 nitrogen and oxygen atoms in total. The van der Waals surface area contributed by atoms with Crippen LogP contribution in [0.15, 0.2) is 66.7 Å². The van der Waals surface area contributed by atoms with E-state index >= 15 is 0 Å². The van der Waals surface area contributed by atoms with E-state index in [0.29, 0.717) is 0 Å². The van der Waals surface area contributed by atoms with Crippen molar-refractivity contribution >= 4 is 22.4 Å². The fourth-order valence-corrected chi connectivity index (χ4v) is 3.25. The Morgan fingerprint density at radius 2 is 1.67 bits per heavy atom. The minimum absolute atomic E-state index is 0.0508. The van der Waals surface area contributed by atoms with E-state index < -0.39 is 0 Å². The van der Waals surface area contributed by atoms with Crippen molar-refractivity contribution in [3.8, 4) is 11.1 Å². The summed E-state index contributed by atoms with van der Waals surface area (Å²) in [5.74, 6) is 0.0611. The molecular weight excluding hydrogens is 296 g/mol. The number of nitrogens with one attached hydrogen (secondary N) is 2. The summed E-state index contributed by atoms with van der Waals surface area (Å²) in [6, 6.07) is 22.8. The Hall–Kier alpha value is -2.65. The van der Waals surface area contributed by atoms with Crippen molar-refractivity contribution in [3.05, 3.63) is 66.7 Å². The molecule has 24 heavy (non-hydrogen) atoms. The standard InChI is InChI=1S/C21H20N2O/c24-21(20-6-3-13-22-20)23-19-11-9-16(10-12-19)18-8-7-15-4-1-2-5-17(15)14-18/h1-2,4-5,7-12,14,20,22H,3,6,13H2,(H,23,24). The van der Waals surface area contributed by atoms with E-state index in [9.17, 15) is 4.79 Å². The zero-order chi connectivity index (χ0) is 16.4. The summed E-state index contributed by atoms with van der Waals surface area (Å²) in [4.78, 5) is 12.1. The number of amides is 1. The molecule has 1 atom stereocenters. The molecule has 1 heterocycles. The van der Waals surface area contributed by atoms with Gasteiger partial charge in [-0.05, 0) is 59.5 Å². The number of benzene rings is 3. The van der Waals surface area contributed by atoms with Crippen LogP contribution >= 0.6 is 0 Å². The average molecular weight is 316 g/mol. The Morgan fingerprint density at radius 1 is 0.917 bits per heavy atom. The monoisotopic (exact) mass is 316 g/mol. The first-order valence-electron chi connectivity index (χ1n) is 8.43. The lowest BCUT2D eigenvalue weighted by Gasteiger charge is -2.11. The quantitative estimate of drug-likeness (QED) is 0.760. The van der Waals surface area contributed by atoms with Gasteiger partial charge in [0.05, 0.1) is 6.04 Å². The van der Waals surface area contributed by atoms with Gasteiger partial charge in [0, 0.05) is 5.69 Å². The van der Waals surface area contributed by atoms with E-state index in [2.05, 4.69) is 65.2 Å². The average Bonchev–Trinajstić information content (AvgIpc) is 3.17. The van der Waals surface area contributed by atoms with Crippen molar-refractivity contribution in [2.24, 2.45) is 0 Å². The van der Waals surface area contributed by atoms with Crippen LogP contribution in [0.5, 0.6) is 0 Å². The van der Waals surface area contributed by atoms with Gasteiger partial charge in [-0.2, -0.15) is 0 Å². The maximum atomic E-state index is 12.1. The Bertz CT molecular complexity index is 864. The van der Waals surface area contributed by atoms with Crippen molar-refractivity contribution in [2.75, 3.05) is 11.9 Å². The minimum atomic E-state index is -0.0508. The van der Waals surface area contributed by atoms with Crippen molar-refractivity contribution in [3.63, 3.8) is 0 Å². The third-order valence-corrected chi connectivity index (χ3v) is 4.61. The van der Waals surface area contributed by atoms with Crippen LogP contribution in [0.3, 0.4) is 0 Å². The van der Waals surface area contributed by atoms with E-state index in [1.54, 1.807) is 0 Å². The van der Waals surface area contributed by atoms with Gasteiger partial charge in [-0.1, -0.05) is 48.5 Å². The molecule has 2 N–H and O–H groups in total. The molecule has 0 aliphatic carbocycles. The smallest absolute Gasteiger partial charge is 0.241 e. The summed E-state index contributed by atoms with van der Waals surface area (Å²) in [6.45, 7) is 0.930. The van der Waals surface area contributed by atoms with Crippen LogP contribution in [0.2, 0.25) is 0 Å².